The Morgan fingerprint density at radius 3 is 2.68 bits per heavy atom. The molecule has 0 saturated heterocycles. The molecule has 0 atom stereocenters. The van der Waals surface area contributed by atoms with Gasteiger partial charge in [-0.3, -0.25) is 4.79 Å². The van der Waals surface area contributed by atoms with Gasteiger partial charge >= 0.3 is 0 Å². The van der Waals surface area contributed by atoms with Crippen molar-refractivity contribution in [3.05, 3.63) is 76.2 Å². The van der Waals surface area contributed by atoms with E-state index in [2.05, 4.69) is 10.3 Å². The molecule has 6 heteroatoms. The second-order valence-corrected chi connectivity index (χ2v) is 6.35. The van der Waals surface area contributed by atoms with Crippen LogP contribution in [0.5, 0.6) is 0 Å². The van der Waals surface area contributed by atoms with Crippen molar-refractivity contribution in [3.63, 3.8) is 0 Å². The zero-order valence-electron chi connectivity index (χ0n) is 13.3. The first-order valence-electron chi connectivity index (χ1n) is 7.82. The maximum Gasteiger partial charge on any atom is 0.220 e. The highest BCUT2D eigenvalue weighted by atomic mass is 35.5. The predicted molar refractivity (Wildman–Crippen MR) is 98.6 cm³/mol. The van der Waals surface area contributed by atoms with Gasteiger partial charge in [-0.25, -0.2) is 4.98 Å². The molecule has 0 bridgehead atoms. The van der Waals surface area contributed by atoms with E-state index in [-0.39, 0.29) is 5.91 Å². The number of aryl methyl sites for hydroxylation is 1. The molecule has 128 valence electrons. The van der Waals surface area contributed by atoms with Crippen LogP contribution in [0.15, 0.2) is 59.1 Å². The summed E-state index contributed by atoms with van der Waals surface area (Å²) in [6, 6.07) is 14.9. The van der Waals surface area contributed by atoms with Crippen LogP contribution >= 0.6 is 23.2 Å². The minimum absolute atomic E-state index is 0.0480. The van der Waals surface area contributed by atoms with Crippen LogP contribution in [0.4, 0.5) is 0 Å². The van der Waals surface area contributed by atoms with Gasteiger partial charge in [-0.2, -0.15) is 0 Å². The molecule has 4 nitrogen and oxygen atoms in total. The molecule has 3 rings (SSSR count). The molecule has 0 unspecified atom stereocenters. The van der Waals surface area contributed by atoms with E-state index in [0.29, 0.717) is 41.1 Å². The minimum Gasteiger partial charge on any atom is -0.441 e. The summed E-state index contributed by atoms with van der Waals surface area (Å²) >= 11 is 12.1. The number of nitrogens with zero attached hydrogens (tertiary/aromatic N) is 1. The predicted octanol–water partition coefficient (Wildman–Crippen LogP) is 4.90. The standard InChI is InChI=1S/C19H16Cl2N2O2/c20-14-6-7-15(16(21)10-14)17-12-23-19(25-17)9-8-18(24)22-11-13-4-2-1-3-5-13/h1-7,10,12H,8-9,11H2,(H,22,24). The Bertz CT molecular complexity index is 863. The van der Waals surface area contributed by atoms with E-state index in [1.807, 2.05) is 30.3 Å². The number of hydrogen-bond donors (Lipinski definition) is 1. The van der Waals surface area contributed by atoms with Gasteiger partial charge in [0.25, 0.3) is 0 Å². The van der Waals surface area contributed by atoms with Crippen molar-refractivity contribution < 1.29 is 9.21 Å². The Morgan fingerprint density at radius 2 is 1.92 bits per heavy atom. The summed E-state index contributed by atoms with van der Waals surface area (Å²) in [5, 5.41) is 3.93. The third kappa shape index (κ3) is 4.84. The fourth-order valence-corrected chi connectivity index (χ4v) is 2.85. The van der Waals surface area contributed by atoms with E-state index >= 15 is 0 Å². The first-order valence-corrected chi connectivity index (χ1v) is 8.58. The van der Waals surface area contributed by atoms with Gasteiger partial charge in [0.05, 0.1) is 11.2 Å². The van der Waals surface area contributed by atoms with Crippen molar-refractivity contribution in [2.24, 2.45) is 0 Å². The van der Waals surface area contributed by atoms with E-state index in [0.717, 1.165) is 11.1 Å². The van der Waals surface area contributed by atoms with E-state index in [1.54, 1.807) is 24.4 Å². The number of halogens is 2. The van der Waals surface area contributed by atoms with E-state index < -0.39 is 0 Å². The molecule has 1 heterocycles. The maximum absolute atomic E-state index is 11.9. The second kappa shape index (κ2) is 8.19. The summed E-state index contributed by atoms with van der Waals surface area (Å²) in [5.41, 5.74) is 1.78. The van der Waals surface area contributed by atoms with Crippen LogP contribution in [0.3, 0.4) is 0 Å². The van der Waals surface area contributed by atoms with Gasteiger partial charge in [-0.1, -0.05) is 53.5 Å². The van der Waals surface area contributed by atoms with Gasteiger partial charge in [0.1, 0.15) is 0 Å². The Labute approximate surface area is 155 Å². The van der Waals surface area contributed by atoms with Crippen molar-refractivity contribution in [1.82, 2.24) is 10.3 Å². The smallest absolute Gasteiger partial charge is 0.220 e. The fraction of sp³-hybridized carbons (Fsp3) is 0.158. The molecule has 0 saturated carbocycles. The number of rotatable bonds is 6. The van der Waals surface area contributed by atoms with Crippen LogP contribution in [-0.4, -0.2) is 10.9 Å². The Kier molecular flexibility index (Phi) is 5.74. The number of aromatic nitrogens is 1. The molecule has 0 aliphatic heterocycles. The molecule has 0 spiro atoms. The molecular formula is C19H16Cl2N2O2. The van der Waals surface area contributed by atoms with Gasteiger partial charge in [-0.05, 0) is 23.8 Å². The van der Waals surface area contributed by atoms with Crippen molar-refractivity contribution >= 4 is 29.1 Å². The summed E-state index contributed by atoms with van der Waals surface area (Å²) < 4.78 is 5.68. The quantitative estimate of drug-likeness (QED) is 0.667. The first kappa shape index (κ1) is 17.5. The monoisotopic (exact) mass is 374 g/mol. The largest absolute Gasteiger partial charge is 0.441 e. The average molecular weight is 375 g/mol. The maximum atomic E-state index is 11.9. The van der Waals surface area contributed by atoms with E-state index in [1.165, 1.54) is 0 Å². The second-order valence-electron chi connectivity index (χ2n) is 5.50. The Balaban J connectivity index is 1.54. The van der Waals surface area contributed by atoms with Crippen LogP contribution in [-0.2, 0) is 17.8 Å². The lowest BCUT2D eigenvalue weighted by Crippen LogP contribution is -2.22. The number of amides is 1. The third-order valence-corrected chi connectivity index (χ3v) is 4.20. The Morgan fingerprint density at radius 1 is 1.12 bits per heavy atom. The molecule has 25 heavy (non-hydrogen) atoms. The normalized spacial score (nSPS) is 10.6. The van der Waals surface area contributed by atoms with E-state index in [9.17, 15) is 4.79 Å². The molecule has 1 amide bonds. The van der Waals surface area contributed by atoms with Crippen LogP contribution in [0.25, 0.3) is 11.3 Å². The van der Waals surface area contributed by atoms with Gasteiger partial charge < -0.3 is 9.73 Å². The number of carbonyl (C=O) groups excluding carboxylic acids is 1. The highest BCUT2D eigenvalue weighted by Crippen LogP contribution is 2.30. The molecule has 0 fully saturated rings. The first-order chi connectivity index (χ1) is 12.1. The molecular weight excluding hydrogens is 359 g/mol. The molecule has 0 aliphatic carbocycles. The van der Waals surface area contributed by atoms with Crippen molar-refractivity contribution in [2.75, 3.05) is 0 Å². The summed E-state index contributed by atoms with van der Waals surface area (Å²) in [6.07, 6.45) is 2.33. The minimum atomic E-state index is -0.0480. The van der Waals surface area contributed by atoms with Crippen molar-refractivity contribution in [3.8, 4) is 11.3 Å². The van der Waals surface area contributed by atoms with Crippen molar-refractivity contribution in [2.45, 2.75) is 19.4 Å². The van der Waals surface area contributed by atoms with Crippen LogP contribution in [0, 0.1) is 0 Å². The lowest BCUT2D eigenvalue weighted by molar-refractivity contribution is -0.121. The van der Waals surface area contributed by atoms with Gasteiger partial charge in [0.2, 0.25) is 5.91 Å². The molecule has 0 aliphatic rings. The van der Waals surface area contributed by atoms with Gasteiger partial charge in [0, 0.05) is 30.0 Å². The average Bonchev–Trinajstić information content (AvgIpc) is 3.08. The SMILES string of the molecule is O=C(CCc1ncc(-c2ccc(Cl)cc2Cl)o1)NCc1ccccc1. The summed E-state index contributed by atoms with van der Waals surface area (Å²) in [4.78, 5) is 16.1. The number of hydrogen-bond acceptors (Lipinski definition) is 3. The highest BCUT2D eigenvalue weighted by molar-refractivity contribution is 6.36. The zero-order chi connectivity index (χ0) is 17.6. The fourth-order valence-electron chi connectivity index (χ4n) is 2.35. The third-order valence-electron chi connectivity index (χ3n) is 3.65. The number of benzene rings is 2. The zero-order valence-corrected chi connectivity index (χ0v) is 14.8. The molecule has 1 aromatic heterocycles. The summed E-state index contributed by atoms with van der Waals surface area (Å²) in [5.74, 6) is 1.00. The molecule has 1 N–H and O–H groups in total. The van der Waals surface area contributed by atoms with Crippen LogP contribution < -0.4 is 5.32 Å². The number of carbonyl (C=O) groups is 1. The van der Waals surface area contributed by atoms with E-state index in [4.69, 9.17) is 27.6 Å². The number of oxazole rings is 1. The number of nitrogens with one attached hydrogen (secondary N) is 1. The van der Waals surface area contributed by atoms with Crippen LogP contribution in [0.1, 0.15) is 17.9 Å². The lowest BCUT2D eigenvalue weighted by Gasteiger charge is -2.04. The molecule has 0 radical (unpaired) electrons. The Hall–Kier alpha value is -2.30. The van der Waals surface area contributed by atoms with Gasteiger partial charge in [0.15, 0.2) is 11.7 Å². The summed E-state index contributed by atoms with van der Waals surface area (Å²) in [7, 11) is 0. The van der Waals surface area contributed by atoms with Gasteiger partial charge in [-0.15, -0.1) is 0 Å². The topological polar surface area (TPSA) is 55.1 Å². The van der Waals surface area contributed by atoms with Crippen molar-refractivity contribution in [1.29, 1.82) is 0 Å². The highest BCUT2D eigenvalue weighted by Gasteiger charge is 2.11. The molecule has 3 aromatic rings. The molecule has 2 aromatic carbocycles. The lowest BCUT2D eigenvalue weighted by atomic mass is 10.2. The van der Waals surface area contributed by atoms with Crippen LogP contribution in [0.2, 0.25) is 10.0 Å². The summed E-state index contributed by atoms with van der Waals surface area (Å²) in [6.45, 7) is 0.511.